The zero-order valence-electron chi connectivity index (χ0n) is 10.8. The Morgan fingerprint density at radius 2 is 2.28 bits per heavy atom. The number of benzene rings is 1. The molecule has 0 amide bonds. The van der Waals surface area contributed by atoms with Crippen LogP contribution in [0.2, 0.25) is 0 Å². The summed E-state index contributed by atoms with van der Waals surface area (Å²) in [6.07, 6.45) is 1.13. The molecule has 1 aromatic carbocycles. The Labute approximate surface area is 113 Å². The third-order valence-corrected chi connectivity index (χ3v) is 3.77. The van der Waals surface area contributed by atoms with Crippen LogP contribution in [0.25, 0.3) is 0 Å². The van der Waals surface area contributed by atoms with E-state index in [0.29, 0.717) is 0 Å². The molecular weight excluding hydrogens is 244 g/mol. The topological polar surface area (TPSA) is 33.6 Å². The predicted molar refractivity (Wildman–Crippen MR) is 77.7 cm³/mol. The molecule has 98 valence electrons. The molecule has 0 spiro atoms. The second-order valence-corrected chi connectivity index (χ2v) is 5.19. The van der Waals surface area contributed by atoms with Crippen LogP contribution in [0.1, 0.15) is 18.9 Å². The first-order chi connectivity index (χ1) is 8.92. The highest BCUT2D eigenvalue weighted by Gasteiger charge is 2.11. The largest absolute Gasteiger partial charge is 0.381 e. The van der Waals surface area contributed by atoms with E-state index < -0.39 is 0 Å². The third-order valence-electron chi connectivity index (χ3n) is 2.73. The highest BCUT2D eigenvalue weighted by molar-refractivity contribution is 7.99. The molecule has 1 heterocycles. The van der Waals surface area contributed by atoms with Gasteiger partial charge in [-0.05, 0) is 19.4 Å². The maximum absolute atomic E-state index is 5.37. The van der Waals surface area contributed by atoms with Crippen molar-refractivity contribution in [1.82, 2.24) is 5.32 Å². The molecule has 0 fully saturated rings. The van der Waals surface area contributed by atoms with E-state index in [9.17, 15) is 0 Å². The fourth-order valence-electron chi connectivity index (χ4n) is 1.86. The van der Waals surface area contributed by atoms with Gasteiger partial charge in [0.2, 0.25) is 0 Å². The Hall–Kier alpha value is -1.00. The average molecular weight is 264 g/mol. The number of rotatable bonds is 6. The van der Waals surface area contributed by atoms with Gasteiger partial charge in [-0.1, -0.05) is 18.2 Å². The third kappa shape index (κ3) is 3.75. The maximum Gasteiger partial charge on any atom is 0.129 e. The standard InChI is InChI=1S/C14H20N2OS/c1-2-17-10-11-18-13-7-4-3-6-12(13)14-15-8-5-9-16-14/h3-4,6-7H,2,5,8-11H2,1H3,(H,15,16). The van der Waals surface area contributed by atoms with Crippen LogP contribution in [0.15, 0.2) is 34.2 Å². The molecule has 0 bridgehead atoms. The van der Waals surface area contributed by atoms with Gasteiger partial charge in [-0.2, -0.15) is 0 Å². The second kappa shape index (κ2) is 7.44. The normalized spacial score (nSPS) is 15.1. The fraction of sp³-hybridized carbons (Fsp3) is 0.500. The molecule has 0 radical (unpaired) electrons. The predicted octanol–water partition coefficient (Wildman–Crippen LogP) is 2.56. The molecule has 1 aromatic rings. The number of nitrogens with one attached hydrogen (secondary N) is 1. The van der Waals surface area contributed by atoms with Crippen molar-refractivity contribution in [1.29, 1.82) is 0 Å². The quantitative estimate of drug-likeness (QED) is 0.633. The summed E-state index contributed by atoms with van der Waals surface area (Å²) in [4.78, 5) is 5.85. The van der Waals surface area contributed by atoms with Crippen molar-refractivity contribution in [2.75, 3.05) is 32.1 Å². The molecule has 4 heteroatoms. The molecule has 0 saturated heterocycles. The van der Waals surface area contributed by atoms with E-state index in [1.165, 1.54) is 10.5 Å². The van der Waals surface area contributed by atoms with Gasteiger partial charge in [0.1, 0.15) is 5.84 Å². The minimum Gasteiger partial charge on any atom is -0.381 e. The number of hydrogen-bond acceptors (Lipinski definition) is 4. The first kappa shape index (κ1) is 13.4. The summed E-state index contributed by atoms with van der Waals surface area (Å²) < 4.78 is 5.37. The molecule has 0 saturated carbocycles. The number of amidine groups is 1. The molecule has 1 N–H and O–H groups in total. The summed E-state index contributed by atoms with van der Waals surface area (Å²) in [6.45, 7) is 5.57. The smallest absolute Gasteiger partial charge is 0.129 e. The lowest BCUT2D eigenvalue weighted by molar-refractivity contribution is 0.164. The summed E-state index contributed by atoms with van der Waals surface area (Å²) >= 11 is 1.83. The van der Waals surface area contributed by atoms with Gasteiger partial charge in [-0.3, -0.25) is 4.99 Å². The van der Waals surface area contributed by atoms with Crippen molar-refractivity contribution < 1.29 is 4.74 Å². The van der Waals surface area contributed by atoms with Gasteiger partial charge in [0.15, 0.2) is 0 Å². The molecule has 2 rings (SSSR count). The van der Waals surface area contributed by atoms with Crippen molar-refractivity contribution >= 4 is 17.6 Å². The van der Waals surface area contributed by atoms with Crippen LogP contribution in [-0.2, 0) is 4.74 Å². The number of ether oxygens (including phenoxy) is 1. The Kier molecular flexibility index (Phi) is 5.55. The fourth-order valence-corrected chi connectivity index (χ4v) is 2.77. The van der Waals surface area contributed by atoms with Crippen LogP contribution in [0.3, 0.4) is 0 Å². The van der Waals surface area contributed by atoms with E-state index in [1.807, 2.05) is 18.7 Å². The summed E-state index contributed by atoms with van der Waals surface area (Å²) in [5.74, 6) is 2.03. The minimum atomic E-state index is 0.788. The molecule has 0 atom stereocenters. The molecule has 0 aliphatic carbocycles. The molecule has 1 aliphatic heterocycles. The van der Waals surface area contributed by atoms with Crippen LogP contribution >= 0.6 is 11.8 Å². The van der Waals surface area contributed by atoms with Gasteiger partial charge in [-0.15, -0.1) is 11.8 Å². The van der Waals surface area contributed by atoms with E-state index >= 15 is 0 Å². The lowest BCUT2D eigenvalue weighted by Crippen LogP contribution is -2.30. The van der Waals surface area contributed by atoms with Gasteiger partial charge in [0.05, 0.1) is 6.61 Å². The molecule has 18 heavy (non-hydrogen) atoms. The van der Waals surface area contributed by atoms with Crippen LogP contribution in [0, 0.1) is 0 Å². The van der Waals surface area contributed by atoms with Crippen molar-refractivity contribution in [2.24, 2.45) is 4.99 Å². The van der Waals surface area contributed by atoms with E-state index in [4.69, 9.17) is 4.74 Å². The van der Waals surface area contributed by atoms with E-state index in [0.717, 1.165) is 44.3 Å². The Balaban J connectivity index is 2.03. The average Bonchev–Trinajstić information content (AvgIpc) is 2.45. The van der Waals surface area contributed by atoms with Gasteiger partial charge < -0.3 is 10.1 Å². The van der Waals surface area contributed by atoms with Crippen LogP contribution in [0.4, 0.5) is 0 Å². The molecular formula is C14H20N2OS. The SMILES string of the molecule is CCOCCSc1ccccc1C1=NCCCN1. The highest BCUT2D eigenvalue weighted by Crippen LogP contribution is 2.23. The summed E-state index contributed by atoms with van der Waals surface area (Å²) in [5, 5.41) is 3.38. The number of aliphatic imine (C=N–C) groups is 1. The lowest BCUT2D eigenvalue weighted by atomic mass is 10.2. The highest BCUT2D eigenvalue weighted by atomic mass is 32.2. The Morgan fingerprint density at radius 1 is 1.39 bits per heavy atom. The number of thioether (sulfide) groups is 1. The summed E-state index contributed by atoms with van der Waals surface area (Å²) in [5.41, 5.74) is 1.22. The summed E-state index contributed by atoms with van der Waals surface area (Å²) in [7, 11) is 0. The van der Waals surface area contributed by atoms with Gasteiger partial charge in [0, 0.05) is 35.9 Å². The second-order valence-electron chi connectivity index (χ2n) is 4.05. The lowest BCUT2D eigenvalue weighted by Gasteiger charge is -2.17. The van der Waals surface area contributed by atoms with Gasteiger partial charge >= 0.3 is 0 Å². The Bertz CT molecular complexity index is 407. The van der Waals surface area contributed by atoms with Crippen molar-refractivity contribution in [3.8, 4) is 0 Å². The van der Waals surface area contributed by atoms with E-state index in [-0.39, 0.29) is 0 Å². The molecule has 1 aliphatic rings. The minimum absolute atomic E-state index is 0.788. The monoisotopic (exact) mass is 264 g/mol. The van der Waals surface area contributed by atoms with Crippen molar-refractivity contribution in [3.63, 3.8) is 0 Å². The van der Waals surface area contributed by atoms with Gasteiger partial charge in [0.25, 0.3) is 0 Å². The van der Waals surface area contributed by atoms with Crippen molar-refractivity contribution in [3.05, 3.63) is 29.8 Å². The maximum atomic E-state index is 5.37. The molecule has 0 unspecified atom stereocenters. The van der Waals surface area contributed by atoms with E-state index in [2.05, 4.69) is 34.6 Å². The van der Waals surface area contributed by atoms with Gasteiger partial charge in [-0.25, -0.2) is 0 Å². The van der Waals surface area contributed by atoms with Crippen LogP contribution in [-0.4, -0.2) is 37.9 Å². The first-order valence-corrected chi connectivity index (χ1v) is 7.48. The van der Waals surface area contributed by atoms with E-state index in [1.54, 1.807) is 0 Å². The van der Waals surface area contributed by atoms with Crippen molar-refractivity contribution in [2.45, 2.75) is 18.2 Å². The molecule has 3 nitrogen and oxygen atoms in total. The summed E-state index contributed by atoms with van der Waals surface area (Å²) in [6, 6.07) is 8.45. The zero-order chi connectivity index (χ0) is 12.6. The molecule has 0 aromatic heterocycles. The zero-order valence-corrected chi connectivity index (χ0v) is 11.6. The Morgan fingerprint density at radius 3 is 3.06 bits per heavy atom. The van der Waals surface area contributed by atoms with Crippen LogP contribution < -0.4 is 5.32 Å². The first-order valence-electron chi connectivity index (χ1n) is 6.50. The van der Waals surface area contributed by atoms with Crippen LogP contribution in [0.5, 0.6) is 0 Å². The number of nitrogens with zero attached hydrogens (tertiary/aromatic N) is 1. The number of hydrogen-bond donors (Lipinski definition) is 1.